The Morgan fingerprint density at radius 1 is 1.53 bits per heavy atom. The fourth-order valence-electron chi connectivity index (χ4n) is 2.12. The van der Waals surface area contributed by atoms with Gasteiger partial charge in [-0.2, -0.15) is 4.31 Å². The van der Waals surface area contributed by atoms with Gasteiger partial charge in [-0.3, -0.25) is 4.79 Å². The zero-order valence-electron chi connectivity index (χ0n) is 10.2. The molecule has 1 saturated heterocycles. The van der Waals surface area contributed by atoms with Crippen molar-refractivity contribution in [2.24, 2.45) is 11.8 Å². The van der Waals surface area contributed by atoms with Crippen LogP contribution in [0.1, 0.15) is 6.92 Å². The molecule has 1 aromatic heterocycles. The number of hydrogen-bond donors (Lipinski definition) is 1. The van der Waals surface area contributed by atoms with Gasteiger partial charge in [0.15, 0.2) is 5.82 Å². The van der Waals surface area contributed by atoms with Crippen molar-refractivity contribution in [1.82, 2.24) is 9.29 Å². The predicted octanol–water partition coefficient (Wildman–Crippen LogP) is 0.562. The summed E-state index contributed by atoms with van der Waals surface area (Å²) in [6, 6.07) is 2.30. The smallest absolute Gasteiger partial charge is 0.308 e. The topological polar surface area (TPSA) is 87.6 Å². The van der Waals surface area contributed by atoms with E-state index in [0.717, 1.165) is 10.4 Å². The van der Waals surface area contributed by atoms with Crippen LogP contribution in [0.15, 0.2) is 23.4 Å². The van der Waals surface area contributed by atoms with Gasteiger partial charge in [-0.05, 0) is 18.1 Å². The van der Waals surface area contributed by atoms with E-state index in [1.807, 2.05) is 0 Å². The molecule has 2 unspecified atom stereocenters. The summed E-state index contributed by atoms with van der Waals surface area (Å²) in [7, 11) is -4.08. The molecule has 0 saturated carbocycles. The van der Waals surface area contributed by atoms with Crippen molar-refractivity contribution in [3.05, 3.63) is 24.1 Å². The quantitative estimate of drug-likeness (QED) is 0.878. The third-order valence-electron chi connectivity index (χ3n) is 3.21. The van der Waals surface area contributed by atoms with Crippen molar-refractivity contribution in [2.45, 2.75) is 11.9 Å². The van der Waals surface area contributed by atoms with Crippen LogP contribution < -0.4 is 0 Å². The average molecular weight is 288 g/mol. The number of carboxylic acid groups (broad SMARTS) is 1. The number of hydrogen-bond acceptors (Lipinski definition) is 4. The zero-order chi connectivity index (χ0) is 14.2. The minimum Gasteiger partial charge on any atom is -0.481 e. The van der Waals surface area contributed by atoms with Crippen molar-refractivity contribution < 1.29 is 22.7 Å². The lowest BCUT2D eigenvalue weighted by Crippen LogP contribution is -2.31. The Balaban J connectivity index is 2.33. The third kappa shape index (κ3) is 2.45. The standard InChI is InChI=1S/C11H13FN2O4S/c1-7-5-14(6-8(7)11(15)16)19(17,18)10-9(12)3-2-4-13-10/h2-4,7-8H,5-6H2,1H3,(H,15,16). The normalized spacial score (nSPS) is 24.5. The van der Waals surface area contributed by atoms with Crippen LogP contribution in [-0.4, -0.2) is 41.9 Å². The third-order valence-corrected chi connectivity index (χ3v) is 4.97. The van der Waals surface area contributed by atoms with E-state index in [2.05, 4.69) is 4.98 Å². The molecule has 0 aromatic carbocycles. The molecule has 1 fully saturated rings. The number of pyridine rings is 1. The zero-order valence-corrected chi connectivity index (χ0v) is 11.0. The molecule has 2 atom stereocenters. The van der Waals surface area contributed by atoms with Crippen LogP contribution in [0.25, 0.3) is 0 Å². The number of carbonyl (C=O) groups is 1. The molecule has 104 valence electrons. The maximum atomic E-state index is 13.5. The first-order chi connectivity index (χ1) is 8.84. The van der Waals surface area contributed by atoms with Crippen LogP contribution in [0.4, 0.5) is 4.39 Å². The van der Waals surface area contributed by atoms with Crippen LogP contribution in [0.5, 0.6) is 0 Å². The highest BCUT2D eigenvalue weighted by Crippen LogP contribution is 2.28. The Morgan fingerprint density at radius 3 is 2.74 bits per heavy atom. The first-order valence-electron chi connectivity index (χ1n) is 5.67. The first kappa shape index (κ1) is 13.9. The van der Waals surface area contributed by atoms with Gasteiger partial charge in [0, 0.05) is 19.3 Å². The number of aromatic nitrogens is 1. The Morgan fingerprint density at radius 2 is 2.21 bits per heavy atom. The van der Waals surface area contributed by atoms with Crippen molar-refractivity contribution in [1.29, 1.82) is 0 Å². The molecule has 1 N–H and O–H groups in total. The van der Waals surface area contributed by atoms with Gasteiger partial charge in [0.05, 0.1) is 5.92 Å². The van der Waals surface area contributed by atoms with Gasteiger partial charge in [0.2, 0.25) is 5.03 Å². The van der Waals surface area contributed by atoms with Gasteiger partial charge in [0.25, 0.3) is 10.0 Å². The van der Waals surface area contributed by atoms with Crippen molar-refractivity contribution >= 4 is 16.0 Å². The predicted molar refractivity (Wildman–Crippen MR) is 63.2 cm³/mol. The van der Waals surface area contributed by atoms with Crippen molar-refractivity contribution in [3.63, 3.8) is 0 Å². The van der Waals surface area contributed by atoms with E-state index >= 15 is 0 Å². The van der Waals surface area contributed by atoms with Gasteiger partial charge in [-0.25, -0.2) is 17.8 Å². The van der Waals surface area contributed by atoms with Crippen LogP contribution >= 0.6 is 0 Å². The fraction of sp³-hybridized carbons (Fsp3) is 0.455. The molecule has 1 aliphatic heterocycles. The molecule has 1 aliphatic rings. The molecule has 0 radical (unpaired) electrons. The molecule has 2 heterocycles. The van der Waals surface area contributed by atoms with E-state index in [-0.39, 0.29) is 19.0 Å². The summed E-state index contributed by atoms with van der Waals surface area (Å²) in [5.74, 6) is -3.08. The van der Waals surface area contributed by atoms with Crippen LogP contribution in [-0.2, 0) is 14.8 Å². The van der Waals surface area contributed by atoms with E-state index in [4.69, 9.17) is 5.11 Å². The summed E-state index contributed by atoms with van der Waals surface area (Å²) in [5.41, 5.74) is 0. The Kier molecular flexibility index (Phi) is 3.55. The van der Waals surface area contributed by atoms with Crippen LogP contribution in [0.3, 0.4) is 0 Å². The SMILES string of the molecule is CC1CN(S(=O)(=O)c2ncccc2F)CC1C(=O)O. The summed E-state index contributed by atoms with van der Waals surface area (Å²) >= 11 is 0. The molecular weight excluding hydrogens is 275 g/mol. The molecule has 6 nitrogen and oxygen atoms in total. The summed E-state index contributed by atoms with van der Waals surface area (Å²) < 4.78 is 38.9. The van der Waals surface area contributed by atoms with E-state index in [0.29, 0.717) is 0 Å². The molecule has 19 heavy (non-hydrogen) atoms. The Bertz CT molecular complexity index is 604. The molecule has 0 aliphatic carbocycles. The lowest BCUT2D eigenvalue weighted by atomic mass is 9.99. The molecule has 8 heteroatoms. The highest BCUT2D eigenvalue weighted by atomic mass is 32.2. The molecule has 0 bridgehead atoms. The van der Waals surface area contributed by atoms with Crippen LogP contribution in [0.2, 0.25) is 0 Å². The first-order valence-corrected chi connectivity index (χ1v) is 7.11. The highest BCUT2D eigenvalue weighted by Gasteiger charge is 2.41. The lowest BCUT2D eigenvalue weighted by molar-refractivity contribution is -0.142. The second-order valence-electron chi connectivity index (χ2n) is 4.53. The Hall–Kier alpha value is -1.54. The number of aliphatic carboxylic acids is 1. The number of sulfonamides is 1. The summed E-state index contributed by atoms with van der Waals surface area (Å²) in [6.45, 7) is 1.55. The molecule has 0 amide bonds. The average Bonchev–Trinajstić information content (AvgIpc) is 2.72. The van der Waals surface area contributed by atoms with Gasteiger partial charge in [0.1, 0.15) is 0 Å². The number of carboxylic acids is 1. The second-order valence-corrected chi connectivity index (χ2v) is 6.39. The highest BCUT2D eigenvalue weighted by molar-refractivity contribution is 7.89. The van der Waals surface area contributed by atoms with E-state index in [1.165, 1.54) is 12.3 Å². The van der Waals surface area contributed by atoms with Gasteiger partial charge >= 0.3 is 5.97 Å². The van der Waals surface area contributed by atoms with Gasteiger partial charge in [-0.15, -0.1) is 0 Å². The second kappa shape index (κ2) is 4.86. The summed E-state index contributed by atoms with van der Waals surface area (Å²) in [4.78, 5) is 14.5. The van der Waals surface area contributed by atoms with Crippen molar-refractivity contribution in [3.8, 4) is 0 Å². The van der Waals surface area contributed by atoms with Crippen LogP contribution in [0, 0.1) is 17.7 Å². The number of nitrogens with zero attached hydrogens (tertiary/aromatic N) is 2. The monoisotopic (exact) mass is 288 g/mol. The minimum atomic E-state index is -4.08. The largest absolute Gasteiger partial charge is 0.481 e. The molecule has 0 spiro atoms. The molecule has 1 aromatic rings. The number of rotatable bonds is 3. The van der Waals surface area contributed by atoms with Gasteiger partial charge < -0.3 is 5.11 Å². The fourth-order valence-corrected chi connectivity index (χ4v) is 3.66. The van der Waals surface area contributed by atoms with E-state index in [9.17, 15) is 17.6 Å². The molecule has 2 rings (SSSR count). The summed E-state index contributed by atoms with van der Waals surface area (Å²) in [6.07, 6.45) is 1.18. The lowest BCUT2D eigenvalue weighted by Gasteiger charge is -2.15. The Labute approximate surface area is 109 Å². The number of halogens is 1. The molecular formula is C11H13FN2O4S. The minimum absolute atomic E-state index is 0.0509. The maximum absolute atomic E-state index is 13.5. The maximum Gasteiger partial charge on any atom is 0.308 e. The van der Waals surface area contributed by atoms with E-state index in [1.54, 1.807) is 6.92 Å². The van der Waals surface area contributed by atoms with E-state index < -0.39 is 32.8 Å². The van der Waals surface area contributed by atoms with Crippen molar-refractivity contribution in [2.75, 3.05) is 13.1 Å². The van der Waals surface area contributed by atoms with Gasteiger partial charge in [-0.1, -0.05) is 6.92 Å². The summed E-state index contributed by atoms with van der Waals surface area (Å²) in [5, 5.41) is 8.32.